The van der Waals surface area contributed by atoms with Gasteiger partial charge in [0.2, 0.25) is 0 Å². The molecule has 9 heavy (non-hydrogen) atoms. The van der Waals surface area contributed by atoms with Gasteiger partial charge in [-0.05, 0) is 26.8 Å². The minimum atomic E-state index is 0.285. The maximum atomic E-state index is 8.74. The van der Waals surface area contributed by atoms with Gasteiger partial charge in [0.25, 0.3) is 0 Å². The Balaban J connectivity index is 2.22. The van der Waals surface area contributed by atoms with Crippen LogP contribution in [0.1, 0.15) is 19.8 Å². The Labute approximate surface area is 56.5 Å². The van der Waals surface area contributed by atoms with Gasteiger partial charge in [-0.1, -0.05) is 0 Å². The van der Waals surface area contributed by atoms with Crippen molar-refractivity contribution in [3.8, 4) is 0 Å². The molecule has 0 aliphatic heterocycles. The predicted octanol–water partition coefficient (Wildman–Crippen LogP) is 0.461. The first kappa shape index (κ1) is 7.03. The van der Waals surface area contributed by atoms with Gasteiger partial charge < -0.3 is 5.11 Å². The van der Waals surface area contributed by atoms with Gasteiger partial charge in [-0.3, -0.25) is 4.90 Å². The van der Waals surface area contributed by atoms with Crippen molar-refractivity contribution >= 4 is 0 Å². The summed E-state index contributed by atoms with van der Waals surface area (Å²) >= 11 is 0. The molecule has 0 heterocycles. The maximum absolute atomic E-state index is 8.74. The first-order valence-corrected chi connectivity index (χ1v) is 3.58. The third-order valence-electron chi connectivity index (χ3n) is 2.08. The van der Waals surface area contributed by atoms with E-state index in [1.165, 1.54) is 12.8 Å². The van der Waals surface area contributed by atoms with Crippen LogP contribution in [-0.2, 0) is 0 Å². The Morgan fingerprint density at radius 3 is 2.56 bits per heavy atom. The molecule has 0 saturated heterocycles. The zero-order chi connectivity index (χ0) is 6.85. The molecule has 1 saturated carbocycles. The second-order valence-electron chi connectivity index (χ2n) is 2.93. The van der Waals surface area contributed by atoms with Crippen LogP contribution in [0.3, 0.4) is 0 Å². The zero-order valence-corrected chi connectivity index (χ0v) is 6.17. The fourth-order valence-electron chi connectivity index (χ4n) is 0.970. The lowest BCUT2D eigenvalue weighted by Gasteiger charge is -2.21. The normalized spacial score (nSPS) is 22.7. The molecule has 2 nitrogen and oxygen atoms in total. The number of aliphatic hydroxyl groups is 1. The number of nitrogens with zero attached hydrogens (tertiary/aromatic N) is 1. The third-order valence-corrected chi connectivity index (χ3v) is 2.08. The van der Waals surface area contributed by atoms with Gasteiger partial charge in [-0.15, -0.1) is 0 Å². The van der Waals surface area contributed by atoms with Crippen molar-refractivity contribution in [3.05, 3.63) is 0 Å². The molecule has 0 aromatic heterocycles. The number of hydrogen-bond acceptors (Lipinski definition) is 2. The number of aliphatic hydroxyl groups excluding tert-OH is 1. The molecule has 1 aliphatic rings. The van der Waals surface area contributed by atoms with Gasteiger partial charge in [-0.2, -0.15) is 0 Å². The molecule has 1 aliphatic carbocycles. The molecule has 1 N–H and O–H groups in total. The van der Waals surface area contributed by atoms with Crippen LogP contribution >= 0.6 is 0 Å². The Morgan fingerprint density at radius 2 is 2.22 bits per heavy atom. The SMILES string of the molecule is C[C@@H](CO)N(C)C1CC1. The molecule has 1 atom stereocenters. The van der Waals surface area contributed by atoms with E-state index in [1.54, 1.807) is 0 Å². The summed E-state index contributed by atoms with van der Waals surface area (Å²) in [5.74, 6) is 0. The van der Waals surface area contributed by atoms with Crippen LogP contribution in [0.2, 0.25) is 0 Å². The molecule has 0 aromatic carbocycles. The average molecular weight is 129 g/mol. The highest BCUT2D eigenvalue weighted by atomic mass is 16.3. The molecule has 0 spiro atoms. The van der Waals surface area contributed by atoms with E-state index in [2.05, 4.69) is 18.9 Å². The van der Waals surface area contributed by atoms with E-state index in [0.717, 1.165) is 6.04 Å². The maximum Gasteiger partial charge on any atom is 0.0584 e. The lowest BCUT2D eigenvalue weighted by atomic mass is 10.3. The van der Waals surface area contributed by atoms with Crippen molar-refractivity contribution in [2.75, 3.05) is 13.7 Å². The molecule has 0 radical (unpaired) electrons. The van der Waals surface area contributed by atoms with Crippen LogP contribution in [0, 0.1) is 0 Å². The quantitative estimate of drug-likeness (QED) is 0.598. The second-order valence-corrected chi connectivity index (χ2v) is 2.93. The van der Waals surface area contributed by atoms with Crippen molar-refractivity contribution in [1.29, 1.82) is 0 Å². The van der Waals surface area contributed by atoms with Crippen molar-refractivity contribution in [1.82, 2.24) is 4.90 Å². The molecule has 0 aromatic rings. The van der Waals surface area contributed by atoms with Gasteiger partial charge in [0.15, 0.2) is 0 Å². The highest BCUT2D eigenvalue weighted by molar-refractivity contribution is 4.84. The minimum Gasteiger partial charge on any atom is -0.395 e. The zero-order valence-electron chi connectivity index (χ0n) is 6.17. The summed E-state index contributed by atoms with van der Waals surface area (Å²) in [6, 6.07) is 1.12. The van der Waals surface area contributed by atoms with Gasteiger partial charge in [0, 0.05) is 12.1 Å². The van der Waals surface area contributed by atoms with Crippen LogP contribution in [0.15, 0.2) is 0 Å². The van der Waals surface area contributed by atoms with E-state index in [1.807, 2.05) is 0 Å². The summed E-state index contributed by atoms with van der Waals surface area (Å²) in [5, 5.41) is 8.74. The predicted molar refractivity (Wildman–Crippen MR) is 37.3 cm³/mol. The van der Waals surface area contributed by atoms with Crippen LogP contribution < -0.4 is 0 Å². The monoisotopic (exact) mass is 129 g/mol. The average Bonchev–Trinajstić information content (AvgIpc) is 2.66. The van der Waals surface area contributed by atoms with Gasteiger partial charge >= 0.3 is 0 Å². The third kappa shape index (κ3) is 1.66. The van der Waals surface area contributed by atoms with Crippen LogP contribution in [0.25, 0.3) is 0 Å². The Bertz CT molecular complexity index is 90.9. The molecular formula is C7H15NO. The number of rotatable bonds is 3. The van der Waals surface area contributed by atoms with Crippen molar-refractivity contribution in [2.45, 2.75) is 31.8 Å². The number of likely N-dealkylation sites (N-methyl/N-ethyl adjacent to an activating group) is 1. The van der Waals surface area contributed by atoms with E-state index in [0.29, 0.717) is 6.04 Å². The van der Waals surface area contributed by atoms with Crippen molar-refractivity contribution in [2.24, 2.45) is 0 Å². The first-order chi connectivity index (χ1) is 4.25. The summed E-state index contributed by atoms with van der Waals surface area (Å²) < 4.78 is 0. The fourth-order valence-corrected chi connectivity index (χ4v) is 0.970. The molecule has 2 heteroatoms. The summed E-state index contributed by atoms with van der Waals surface area (Å²) in [4.78, 5) is 2.25. The lowest BCUT2D eigenvalue weighted by Crippen LogP contribution is -2.33. The molecular weight excluding hydrogens is 114 g/mol. The van der Waals surface area contributed by atoms with E-state index in [-0.39, 0.29) is 6.61 Å². The van der Waals surface area contributed by atoms with Gasteiger partial charge in [0.05, 0.1) is 6.61 Å². The van der Waals surface area contributed by atoms with Crippen LogP contribution in [-0.4, -0.2) is 35.7 Å². The summed E-state index contributed by atoms with van der Waals surface area (Å²) in [6.07, 6.45) is 2.64. The lowest BCUT2D eigenvalue weighted by molar-refractivity contribution is 0.153. The van der Waals surface area contributed by atoms with E-state index in [4.69, 9.17) is 5.11 Å². The molecule has 54 valence electrons. The minimum absolute atomic E-state index is 0.285. The largest absolute Gasteiger partial charge is 0.395 e. The van der Waals surface area contributed by atoms with Gasteiger partial charge in [-0.25, -0.2) is 0 Å². The second kappa shape index (κ2) is 2.67. The Morgan fingerprint density at radius 1 is 1.67 bits per heavy atom. The topological polar surface area (TPSA) is 23.5 Å². The number of hydrogen-bond donors (Lipinski definition) is 1. The summed E-state index contributed by atoms with van der Waals surface area (Å²) in [5.41, 5.74) is 0. The Kier molecular flexibility index (Phi) is 2.09. The van der Waals surface area contributed by atoms with Crippen LogP contribution in [0.4, 0.5) is 0 Å². The molecule has 0 bridgehead atoms. The van der Waals surface area contributed by atoms with E-state index in [9.17, 15) is 0 Å². The molecule has 1 fully saturated rings. The van der Waals surface area contributed by atoms with Gasteiger partial charge in [0.1, 0.15) is 0 Å². The van der Waals surface area contributed by atoms with E-state index < -0.39 is 0 Å². The van der Waals surface area contributed by atoms with Crippen LogP contribution in [0.5, 0.6) is 0 Å². The standard InChI is InChI=1S/C7H15NO/c1-6(5-9)8(2)7-3-4-7/h6-7,9H,3-5H2,1-2H3/t6-/m0/s1. The Hall–Kier alpha value is -0.0800. The van der Waals surface area contributed by atoms with Crippen molar-refractivity contribution in [3.63, 3.8) is 0 Å². The fraction of sp³-hybridized carbons (Fsp3) is 1.00. The highest BCUT2D eigenvalue weighted by Gasteiger charge is 2.28. The molecule has 1 rings (SSSR count). The summed E-state index contributed by atoms with van der Waals surface area (Å²) in [7, 11) is 2.08. The van der Waals surface area contributed by atoms with E-state index >= 15 is 0 Å². The highest BCUT2D eigenvalue weighted by Crippen LogP contribution is 2.26. The summed E-state index contributed by atoms with van der Waals surface area (Å²) in [6.45, 7) is 2.34. The molecule has 0 amide bonds. The van der Waals surface area contributed by atoms with Crippen molar-refractivity contribution < 1.29 is 5.11 Å². The first-order valence-electron chi connectivity index (χ1n) is 3.58. The molecule has 0 unspecified atom stereocenters. The smallest absolute Gasteiger partial charge is 0.0584 e.